The summed E-state index contributed by atoms with van der Waals surface area (Å²) in [6.45, 7) is 7.38. The molecule has 1 aliphatic rings. The van der Waals surface area contributed by atoms with Crippen molar-refractivity contribution in [1.29, 1.82) is 0 Å². The average molecular weight is 392 g/mol. The van der Waals surface area contributed by atoms with Gasteiger partial charge < -0.3 is 15.4 Å². The van der Waals surface area contributed by atoms with Crippen LogP contribution in [0, 0.1) is 6.92 Å². The van der Waals surface area contributed by atoms with E-state index in [0.717, 1.165) is 61.1 Å². The molecule has 0 spiro atoms. The number of nitrogens with zero attached hydrogens (tertiary/aromatic N) is 3. The van der Waals surface area contributed by atoms with Gasteiger partial charge in [-0.05, 0) is 35.0 Å². The fraction of sp³-hybridized carbons (Fsp3) is 0.412. The van der Waals surface area contributed by atoms with E-state index in [0.29, 0.717) is 5.95 Å². The first-order valence-corrected chi connectivity index (χ1v) is 8.91. The Morgan fingerprint density at radius 3 is 2.79 bits per heavy atom. The molecule has 0 radical (unpaired) electrons. The van der Waals surface area contributed by atoms with Crippen LogP contribution in [0.1, 0.15) is 5.69 Å². The number of aryl methyl sites for hydroxylation is 1. The molecule has 0 aliphatic carbocycles. The number of aromatic nitrogens is 2. The molecule has 1 aromatic carbocycles. The molecule has 0 saturated carbocycles. The Labute approximate surface area is 150 Å². The lowest BCUT2D eigenvalue weighted by atomic mass is 10.3. The summed E-state index contributed by atoms with van der Waals surface area (Å²) in [6, 6.07) is 9.92. The summed E-state index contributed by atoms with van der Waals surface area (Å²) in [7, 11) is 0. The van der Waals surface area contributed by atoms with Gasteiger partial charge in [0, 0.05) is 42.4 Å². The molecule has 7 heteroatoms. The molecule has 2 heterocycles. The van der Waals surface area contributed by atoms with Gasteiger partial charge in [0.2, 0.25) is 5.95 Å². The van der Waals surface area contributed by atoms with E-state index in [1.165, 1.54) is 0 Å². The van der Waals surface area contributed by atoms with E-state index < -0.39 is 0 Å². The normalized spacial score (nSPS) is 15.2. The highest BCUT2D eigenvalue weighted by Crippen LogP contribution is 2.25. The Morgan fingerprint density at radius 2 is 2.00 bits per heavy atom. The van der Waals surface area contributed by atoms with Crippen LogP contribution in [0.15, 0.2) is 34.8 Å². The fourth-order valence-electron chi connectivity index (χ4n) is 2.56. The minimum Gasteiger partial charge on any atom is -0.379 e. The lowest BCUT2D eigenvalue weighted by molar-refractivity contribution is 0.0398. The number of hydrogen-bond donors (Lipinski definition) is 2. The molecule has 0 bridgehead atoms. The smallest absolute Gasteiger partial charge is 0.224 e. The van der Waals surface area contributed by atoms with E-state index in [2.05, 4.69) is 41.4 Å². The Bertz CT molecular complexity index is 676. The second-order valence-electron chi connectivity index (χ2n) is 5.70. The van der Waals surface area contributed by atoms with E-state index in [9.17, 15) is 0 Å². The number of nitrogens with one attached hydrogen (secondary N) is 2. The molecule has 3 rings (SSSR count). The fourth-order valence-corrected chi connectivity index (χ4v) is 2.95. The first-order valence-electron chi connectivity index (χ1n) is 8.12. The van der Waals surface area contributed by atoms with Crippen molar-refractivity contribution in [2.45, 2.75) is 6.92 Å². The predicted octanol–water partition coefficient (Wildman–Crippen LogP) is 3.04. The summed E-state index contributed by atoms with van der Waals surface area (Å²) in [5, 5.41) is 6.65. The average Bonchev–Trinajstić information content (AvgIpc) is 2.57. The van der Waals surface area contributed by atoms with Gasteiger partial charge in [-0.15, -0.1) is 0 Å². The highest BCUT2D eigenvalue weighted by Gasteiger charge is 2.10. The molecule has 0 unspecified atom stereocenters. The Morgan fingerprint density at radius 1 is 1.21 bits per heavy atom. The molecule has 0 atom stereocenters. The van der Waals surface area contributed by atoms with Crippen LogP contribution in [0.5, 0.6) is 0 Å². The number of rotatable bonds is 6. The second kappa shape index (κ2) is 8.41. The third kappa shape index (κ3) is 4.90. The van der Waals surface area contributed by atoms with Gasteiger partial charge in [-0.3, -0.25) is 4.90 Å². The highest BCUT2D eigenvalue weighted by atomic mass is 79.9. The molecular formula is C17H22BrN5O. The van der Waals surface area contributed by atoms with Crippen LogP contribution < -0.4 is 10.6 Å². The highest BCUT2D eigenvalue weighted by molar-refractivity contribution is 9.10. The van der Waals surface area contributed by atoms with Gasteiger partial charge in [-0.25, -0.2) is 4.98 Å². The largest absolute Gasteiger partial charge is 0.379 e. The van der Waals surface area contributed by atoms with Crippen LogP contribution in [0.2, 0.25) is 0 Å². The first kappa shape index (κ1) is 17.1. The maximum atomic E-state index is 5.36. The van der Waals surface area contributed by atoms with Crippen molar-refractivity contribution in [3.05, 3.63) is 40.5 Å². The van der Waals surface area contributed by atoms with Crippen LogP contribution in [0.25, 0.3) is 0 Å². The van der Waals surface area contributed by atoms with Crippen molar-refractivity contribution in [1.82, 2.24) is 14.9 Å². The number of benzene rings is 1. The summed E-state index contributed by atoms with van der Waals surface area (Å²) in [6.07, 6.45) is 0. The van der Waals surface area contributed by atoms with Crippen molar-refractivity contribution in [3.8, 4) is 0 Å². The van der Waals surface area contributed by atoms with Crippen molar-refractivity contribution >= 4 is 33.4 Å². The summed E-state index contributed by atoms with van der Waals surface area (Å²) in [5.74, 6) is 1.43. The zero-order chi connectivity index (χ0) is 16.8. The topological polar surface area (TPSA) is 62.3 Å². The third-order valence-electron chi connectivity index (χ3n) is 3.81. The SMILES string of the molecule is Cc1cc(Nc2ccccc2Br)nc(NCCN2CCOCC2)n1. The Kier molecular flexibility index (Phi) is 6.01. The monoisotopic (exact) mass is 391 g/mol. The molecule has 0 amide bonds. The van der Waals surface area contributed by atoms with Gasteiger partial charge in [-0.1, -0.05) is 12.1 Å². The molecule has 24 heavy (non-hydrogen) atoms. The zero-order valence-corrected chi connectivity index (χ0v) is 15.3. The van der Waals surface area contributed by atoms with Crippen LogP contribution in [-0.2, 0) is 4.74 Å². The molecule has 1 aliphatic heterocycles. The van der Waals surface area contributed by atoms with Crippen LogP contribution in [0.3, 0.4) is 0 Å². The number of para-hydroxylation sites is 1. The van der Waals surface area contributed by atoms with Gasteiger partial charge in [0.15, 0.2) is 0 Å². The van der Waals surface area contributed by atoms with Crippen LogP contribution in [-0.4, -0.2) is 54.3 Å². The lowest BCUT2D eigenvalue weighted by Gasteiger charge is -2.26. The standard InChI is InChI=1S/C17H22BrN5O/c1-13-12-16(21-15-5-3-2-4-14(15)18)22-17(20-13)19-6-7-23-8-10-24-11-9-23/h2-5,12H,6-11H2,1H3,(H2,19,20,21,22). The van der Waals surface area contributed by atoms with Crippen molar-refractivity contribution < 1.29 is 4.74 Å². The predicted molar refractivity (Wildman–Crippen MR) is 99.9 cm³/mol. The maximum Gasteiger partial charge on any atom is 0.224 e. The lowest BCUT2D eigenvalue weighted by Crippen LogP contribution is -2.39. The minimum absolute atomic E-state index is 0.651. The van der Waals surface area contributed by atoms with Crippen molar-refractivity contribution in [2.24, 2.45) is 0 Å². The number of ether oxygens (including phenoxy) is 1. The summed E-state index contributed by atoms with van der Waals surface area (Å²) in [5.41, 5.74) is 1.91. The zero-order valence-electron chi connectivity index (χ0n) is 13.8. The van der Waals surface area contributed by atoms with Gasteiger partial charge in [0.05, 0.1) is 18.9 Å². The maximum absolute atomic E-state index is 5.36. The quantitative estimate of drug-likeness (QED) is 0.788. The number of anilines is 3. The van der Waals surface area contributed by atoms with Gasteiger partial charge >= 0.3 is 0 Å². The number of hydrogen-bond acceptors (Lipinski definition) is 6. The molecule has 6 nitrogen and oxygen atoms in total. The second-order valence-corrected chi connectivity index (χ2v) is 6.56. The number of morpholine rings is 1. The third-order valence-corrected chi connectivity index (χ3v) is 4.50. The van der Waals surface area contributed by atoms with E-state index >= 15 is 0 Å². The molecule has 1 aromatic heterocycles. The van der Waals surface area contributed by atoms with Crippen LogP contribution in [0.4, 0.5) is 17.5 Å². The molecule has 1 fully saturated rings. The Balaban J connectivity index is 1.60. The summed E-state index contributed by atoms with van der Waals surface area (Å²) >= 11 is 3.54. The minimum atomic E-state index is 0.651. The molecule has 128 valence electrons. The molecular weight excluding hydrogens is 370 g/mol. The van der Waals surface area contributed by atoms with E-state index in [1.54, 1.807) is 0 Å². The molecule has 1 saturated heterocycles. The van der Waals surface area contributed by atoms with E-state index in [4.69, 9.17) is 4.74 Å². The summed E-state index contributed by atoms with van der Waals surface area (Å²) < 4.78 is 6.37. The molecule has 2 aromatic rings. The first-order chi connectivity index (χ1) is 11.7. The van der Waals surface area contributed by atoms with Gasteiger partial charge in [-0.2, -0.15) is 4.98 Å². The van der Waals surface area contributed by atoms with E-state index in [1.807, 2.05) is 37.3 Å². The van der Waals surface area contributed by atoms with Crippen molar-refractivity contribution in [2.75, 3.05) is 50.0 Å². The number of halogens is 1. The van der Waals surface area contributed by atoms with Crippen molar-refractivity contribution in [3.63, 3.8) is 0 Å². The van der Waals surface area contributed by atoms with Crippen LogP contribution >= 0.6 is 15.9 Å². The molecule has 2 N–H and O–H groups in total. The van der Waals surface area contributed by atoms with E-state index in [-0.39, 0.29) is 0 Å². The summed E-state index contributed by atoms with van der Waals surface area (Å²) in [4.78, 5) is 11.4. The van der Waals surface area contributed by atoms with Gasteiger partial charge in [0.1, 0.15) is 5.82 Å². The Hall–Kier alpha value is -1.70. The van der Waals surface area contributed by atoms with Gasteiger partial charge in [0.25, 0.3) is 0 Å².